The van der Waals surface area contributed by atoms with Crippen molar-refractivity contribution in [2.45, 2.75) is 25.8 Å². The lowest BCUT2D eigenvalue weighted by molar-refractivity contribution is 0.325. The molecule has 1 aliphatic rings. The van der Waals surface area contributed by atoms with Crippen molar-refractivity contribution < 1.29 is 4.39 Å². The molecular weight excluding hydrogens is 289 g/mol. The predicted molar refractivity (Wildman–Crippen MR) is 82.0 cm³/mol. The fourth-order valence-corrected chi connectivity index (χ4v) is 3.32. The Hall–Kier alpha value is -1.39. The maximum Gasteiger partial charge on any atom is 0.124 e. The number of imidazole rings is 1. The smallest absolute Gasteiger partial charge is 0.124 e. The molecule has 0 radical (unpaired) electrons. The first-order valence-corrected chi connectivity index (χ1v) is 7.57. The molecule has 1 aromatic heterocycles. The monoisotopic (exact) mass is 307 g/mol. The highest BCUT2D eigenvalue weighted by molar-refractivity contribution is 6.31. The SMILES string of the molecule is Cc1cn(C)c(C2CCN(Cc3ccc(F)cc3Cl)C2)n1. The van der Waals surface area contributed by atoms with Crippen LogP contribution in [0.25, 0.3) is 0 Å². The molecule has 1 aliphatic heterocycles. The lowest BCUT2D eigenvalue weighted by Gasteiger charge is -2.17. The summed E-state index contributed by atoms with van der Waals surface area (Å²) in [5.41, 5.74) is 2.04. The molecule has 3 nitrogen and oxygen atoms in total. The van der Waals surface area contributed by atoms with Crippen molar-refractivity contribution in [2.75, 3.05) is 13.1 Å². The zero-order valence-corrected chi connectivity index (χ0v) is 13.1. The molecule has 1 aromatic carbocycles. The van der Waals surface area contributed by atoms with E-state index in [4.69, 9.17) is 11.6 Å². The van der Waals surface area contributed by atoms with Crippen LogP contribution in [0.2, 0.25) is 5.02 Å². The van der Waals surface area contributed by atoms with E-state index in [2.05, 4.69) is 27.7 Å². The molecular formula is C16H19ClFN3. The standard InChI is InChI=1S/C16H19ClFN3/c1-11-8-20(2)16(19-11)13-5-6-21(10-13)9-12-3-4-14(18)7-15(12)17/h3-4,7-8,13H,5-6,9-10H2,1-2H3. The van der Waals surface area contributed by atoms with Gasteiger partial charge in [-0.05, 0) is 37.6 Å². The molecule has 1 fully saturated rings. The summed E-state index contributed by atoms with van der Waals surface area (Å²) in [6, 6.07) is 4.62. The summed E-state index contributed by atoms with van der Waals surface area (Å²) in [5.74, 6) is 1.33. The summed E-state index contributed by atoms with van der Waals surface area (Å²) in [6.45, 7) is 4.77. The summed E-state index contributed by atoms with van der Waals surface area (Å²) in [7, 11) is 2.05. The van der Waals surface area contributed by atoms with Crippen molar-refractivity contribution in [3.8, 4) is 0 Å². The summed E-state index contributed by atoms with van der Waals surface area (Å²) in [6.07, 6.45) is 3.16. The topological polar surface area (TPSA) is 21.1 Å². The minimum absolute atomic E-state index is 0.286. The summed E-state index contributed by atoms with van der Waals surface area (Å²) in [5, 5.41) is 0.506. The Morgan fingerprint density at radius 1 is 1.43 bits per heavy atom. The van der Waals surface area contributed by atoms with Gasteiger partial charge in [-0.1, -0.05) is 17.7 Å². The number of halogens is 2. The minimum Gasteiger partial charge on any atom is -0.337 e. The van der Waals surface area contributed by atoms with Crippen molar-refractivity contribution in [2.24, 2.45) is 7.05 Å². The lowest BCUT2D eigenvalue weighted by atomic mass is 10.1. The van der Waals surface area contributed by atoms with Crippen LogP contribution in [-0.2, 0) is 13.6 Å². The quantitative estimate of drug-likeness (QED) is 0.865. The first kappa shape index (κ1) is 14.5. The van der Waals surface area contributed by atoms with Gasteiger partial charge in [0.2, 0.25) is 0 Å². The van der Waals surface area contributed by atoms with E-state index in [0.717, 1.165) is 43.1 Å². The number of rotatable bonds is 3. The van der Waals surface area contributed by atoms with Crippen LogP contribution in [0.4, 0.5) is 4.39 Å². The maximum atomic E-state index is 13.1. The Morgan fingerprint density at radius 2 is 2.24 bits per heavy atom. The van der Waals surface area contributed by atoms with E-state index in [1.165, 1.54) is 12.1 Å². The molecule has 0 N–H and O–H groups in total. The van der Waals surface area contributed by atoms with Crippen LogP contribution in [-0.4, -0.2) is 27.5 Å². The third-order valence-electron chi connectivity index (χ3n) is 4.08. The molecule has 0 aliphatic carbocycles. The Labute approximate surface area is 129 Å². The van der Waals surface area contributed by atoms with E-state index in [9.17, 15) is 4.39 Å². The highest BCUT2D eigenvalue weighted by Crippen LogP contribution is 2.28. The Balaban J connectivity index is 1.68. The minimum atomic E-state index is -0.286. The van der Waals surface area contributed by atoms with Gasteiger partial charge in [-0.3, -0.25) is 4.90 Å². The molecule has 0 amide bonds. The van der Waals surface area contributed by atoms with Crippen LogP contribution in [0, 0.1) is 12.7 Å². The number of hydrogen-bond acceptors (Lipinski definition) is 2. The molecule has 112 valence electrons. The number of nitrogens with zero attached hydrogens (tertiary/aromatic N) is 3. The van der Waals surface area contributed by atoms with Crippen molar-refractivity contribution in [1.29, 1.82) is 0 Å². The third kappa shape index (κ3) is 3.11. The van der Waals surface area contributed by atoms with Gasteiger partial charge in [0.05, 0.1) is 5.69 Å². The Bertz CT molecular complexity index is 653. The van der Waals surface area contributed by atoms with E-state index < -0.39 is 0 Å². The van der Waals surface area contributed by atoms with E-state index >= 15 is 0 Å². The summed E-state index contributed by atoms with van der Waals surface area (Å²) < 4.78 is 15.2. The van der Waals surface area contributed by atoms with Gasteiger partial charge in [0.1, 0.15) is 11.6 Å². The van der Waals surface area contributed by atoms with Crippen LogP contribution < -0.4 is 0 Å². The first-order valence-electron chi connectivity index (χ1n) is 7.19. The number of aryl methyl sites for hydroxylation is 2. The number of hydrogen-bond donors (Lipinski definition) is 0. The fourth-order valence-electron chi connectivity index (χ4n) is 3.09. The highest BCUT2D eigenvalue weighted by atomic mass is 35.5. The van der Waals surface area contributed by atoms with Crippen LogP contribution in [0.5, 0.6) is 0 Å². The second-order valence-corrected chi connectivity index (χ2v) is 6.22. The second kappa shape index (κ2) is 5.78. The van der Waals surface area contributed by atoms with Gasteiger partial charge in [0.15, 0.2) is 0 Å². The van der Waals surface area contributed by atoms with Crippen LogP contribution >= 0.6 is 11.6 Å². The molecule has 21 heavy (non-hydrogen) atoms. The summed E-state index contributed by atoms with van der Waals surface area (Å²) in [4.78, 5) is 6.98. The molecule has 2 aromatic rings. The predicted octanol–water partition coefficient (Wildman–Crippen LogP) is 3.51. The lowest BCUT2D eigenvalue weighted by Crippen LogP contribution is -2.20. The fraction of sp³-hybridized carbons (Fsp3) is 0.438. The molecule has 3 rings (SSSR count). The van der Waals surface area contributed by atoms with Crippen molar-refractivity contribution >= 4 is 11.6 Å². The number of benzene rings is 1. The zero-order valence-electron chi connectivity index (χ0n) is 12.3. The largest absolute Gasteiger partial charge is 0.337 e. The van der Waals surface area contributed by atoms with Gasteiger partial charge < -0.3 is 4.57 Å². The molecule has 0 saturated carbocycles. The van der Waals surface area contributed by atoms with Gasteiger partial charge in [0, 0.05) is 37.3 Å². The van der Waals surface area contributed by atoms with Gasteiger partial charge >= 0.3 is 0 Å². The molecule has 0 bridgehead atoms. The molecule has 1 atom stereocenters. The molecule has 1 saturated heterocycles. The van der Waals surface area contributed by atoms with E-state index in [1.54, 1.807) is 6.07 Å². The Kier molecular flexibility index (Phi) is 4.00. The average molecular weight is 308 g/mol. The van der Waals surface area contributed by atoms with Gasteiger partial charge in [-0.15, -0.1) is 0 Å². The molecule has 5 heteroatoms. The zero-order chi connectivity index (χ0) is 15.0. The molecule has 1 unspecified atom stereocenters. The maximum absolute atomic E-state index is 13.1. The van der Waals surface area contributed by atoms with Gasteiger partial charge in [0.25, 0.3) is 0 Å². The number of aromatic nitrogens is 2. The van der Waals surface area contributed by atoms with Crippen LogP contribution in [0.3, 0.4) is 0 Å². The number of likely N-dealkylation sites (tertiary alicyclic amines) is 1. The molecule has 2 heterocycles. The van der Waals surface area contributed by atoms with E-state index in [0.29, 0.717) is 10.9 Å². The third-order valence-corrected chi connectivity index (χ3v) is 4.43. The van der Waals surface area contributed by atoms with Crippen LogP contribution in [0.1, 0.15) is 29.4 Å². The van der Waals surface area contributed by atoms with Crippen molar-refractivity contribution in [3.05, 3.63) is 52.3 Å². The summed E-state index contributed by atoms with van der Waals surface area (Å²) >= 11 is 6.11. The van der Waals surface area contributed by atoms with E-state index in [1.807, 2.05) is 6.92 Å². The Morgan fingerprint density at radius 3 is 2.90 bits per heavy atom. The molecule has 0 spiro atoms. The van der Waals surface area contributed by atoms with Crippen molar-refractivity contribution in [3.63, 3.8) is 0 Å². The average Bonchev–Trinajstić information content (AvgIpc) is 2.99. The normalized spacial score (nSPS) is 19.3. The van der Waals surface area contributed by atoms with Crippen LogP contribution in [0.15, 0.2) is 24.4 Å². The van der Waals surface area contributed by atoms with Gasteiger partial charge in [-0.25, -0.2) is 9.37 Å². The van der Waals surface area contributed by atoms with Gasteiger partial charge in [-0.2, -0.15) is 0 Å². The second-order valence-electron chi connectivity index (χ2n) is 5.81. The van der Waals surface area contributed by atoms with E-state index in [-0.39, 0.29) is 5.82 Å². The highest BCUT2D eigenvalue weighted by Gasteiger charge is 2.27. The first-order chi connectivity index (χ1) is 10.0. The van der Waals surface area contributed by atoms with Crippen molar-refractivity contribution in [1.82, 2.24) is 14.5 Å².